The number of aromatic nitrogens is 1. The molecule has 0 unspecified atom stereocenters. The zero-order valence-corrected chi connectivity index (χ0v) is 15.9. The van der Waals surface area contributed by atoms with Gasteiger partial charge in [-0.25, -0.2) is 4.79 Å². The number of anilines is 1. The lowest BCUT2D eigenvalue weighted by molar-refractivity contribution is 0.0690. The van der Waals surface area contributed by atoms with E-state index in [0.29, 0.717) is 18.3 Å². The van der Waals surface area contributed by atoms with Crippen molar-refractivity contribution in [2.24, 2.45) is 0 Å². The highest BCUT2D eigenvalue weighted by atomic mass is 16.5. The molecule has 1 aromatic heterocycles. The average molecular weight is 385 g/mol. The summed E-state index contributed by atoms with van der Waals surface area (Å²) < 4.78 is 5.68. The summed E-state index contributed by atoms with van der Waals surface area (Å²) >= 11 is 0. The molecule has 3 N–H and O–H groups in total. The molecule has 0 spiro atoms. The van der Waals surface area contributed by atoms with Crippen LogP contribution in [0.4, 0.5) is 5.69 Å². The third kappa shape index (κ3) is 3.04. The van der Waals surface area contributed by atoms with Gasteiger partial charge in [-0.1, -0.05) is 6.07 Å². The molecular formula is C20H23N3O5. The Labute approximate surface area is 162 Å². The Morgan fingerprint density at radius 1 is 1.32 bits per heavy atom. The minimum Gasteiger partial charge on any atom is -0.506 e. The molecule has 0 bridgehead atoms. The predicted molar refractivity (Wildman–Crippen MR) is 104 cm³/mol. The van der Waals surface area contributed by atoms with Gasteiger partial charge in [0, 0.05) is 35.9 Å². The van der Waals surface area contributed by atoms with Gasteiger partial charge in [-0.05, 0) is 38.2 Å². The molecule has 3 heterocycles. The third-order valence-corrected chi connectivity index (χ3v) is 5.62. The number of carbonyl (C=O) groups is 1. The van der Waals surface area contributed by atoms with Crippen molar-refractivity contribution in [3.05, 3.63) is 45.2 Å². The molecule has 4 rings (SSSR count). The summed E-state index contributed by atoms with van der Waals surface area (Å²) in [4.78, 5) is 30.7. The number of rotatable bonds is 3. The zero-order chi connectivity index (χ0) is 20.0. The summed E-state index contributed by atoms with van der Waals surface area (Å²) in [6.45, 7) is 2.25. The molecule has 1 fully saturated rings. The van der Waals surface area contributed by atoms with Crippen LogP contribution in [0, 0.1) is 0 Å². The maximum absolute atomic E-state index is 12.2. The Hall–Kier alpha value is -2.84. The van der Waals surface area contributed by atoms with Crippen LogP contribution in [0.25, 0.3) is 11.3 Å². The largest absolute Gasteiger partial charge is 0.506 e. The van der Waals surface area contributed by atoms with E-state index < -0.39 is 22.8 Å². The van der Waals surface area contributed by atoms with Crippen LogP contribution in [-0.2, 0) is 18.0 Å². The van der Waals surface area contributed by atoms with Gasteiger partial charge in [0.25, 0.3) is 5.56 Å². The maximum Gasteiger partial charge on any atom is 0.345 e. The molecule has 1 aromatic carbocycles. The van der Waals surface area contributed by atoms with E-state index in [0.717, 1.165) is 36.3 Å². The van der Waals surface area contributed by atoms with Crippen molar-refractivity contribution in [2.45, 2.75) is 25.7 Å². The van der Waals surface area contributed by atoms with Crippen LogP contribution < -0.4 is 10.5 Å². The van der Waals surface area contributed by atoms with Crippen LogP contribution in [0.5, 0.6) is 5.75 Å². The van der Waals surface area contributed by atoms with Crippen molar-refractivity contribution in [1.29, 1.82) is 0 Å². The first kappa shape index (κ1) is 18.5. The maximum atomic E-state index is 12.2. The number of aromatic carboxylic acids is 1. The van der Waals surface area contributed by atoms with Gasteiger partial charge in [0.1, 0.15) is 5.75 Å². The van der Waals surface area contributed by atoms with Crippen molar-refractivity contribution in [2.75, 3.05) is 32.1 Å². The highest BCUT2D eigenvalue weighted by Crippen LogP contribution is 2.37. The number of benzene rings is 1. The number of aromatic hydroxyl groups is 1. The van der Waals surface area contributed by atoms with Crippen LogP contribution in [-0.4, -0.2) is 59.3 Å². The number of fused-ring (bicyclic) bond motifs is 3. The minimum atomic E-state index is -1.47. The topological polar surface area (TPSA) is 106 Å². The summed E-state index contributed by atoms with van der Waals surface area (Å²) in [6, 6.07) is 6.45. The molecular weight excluding hydrogens is 362 g/mol. The van der Waals surface area contributed by atoms with Gasteiger partial charge in [0.2, 0.25) is 0 Å². The van der Waals surface area contributed by atoms with Gasteiger partial charge in [-0.2, -0.15) is 0 Å². The van der Waals surface area contributed by atoms with Gasteiger partial charge in [0.15, 0.2) is 5.56 Å². The Morgan fingerprint density at radius 2 is 2.11 bits per heavy atom. The second-order valence-electron chi connectivity index (χ2n) is 7.52. The predicted octanol–water partition coefficient (Wildman–Crippen LogP) is 1.62. The fourth-order valence-corrected chi connectivity index (χ4v) is 4.00. The van der Waals surface area contributed by atoms with E-state index in [1.807, 2.05) is 18.2 Å². The number of nitrogens with zero attached hydrogens (tertiary/aromatic N) is 2. The Bertz CT molecular complexity index is 998. The van der Waals surface area contributed by atoms with Crippen LogP contribution in [0.2, 0.25) is 0 Å². The molecule has 1 atom stereocenters. The second kappa shape index (κ2) is 6.96. The van der Waals surface area contributed by atoms with E-state index in [1.165, 1.54) is 0 Å². The zero-order valence-electron chi connectivity index (χ0n) is 15.9. The number of hydrogen-bond donors (Lipinski definition) is 3. The van der Waals surface area contributed by atoms with Crippen LogP contribution in [0.1, 0.15) is 27.9 Å². The van der Waals surface area contributed by atoms with Crippen molar-refractivity contribution in [3.8, 4) is 17.0 Å². The number of H-pyrrole nitrogens is 1. The van der Waals surface area contributed by atoms with Gasteiger partial charge >= 0.3 is 5.97 Å². The van der Waals surface area contributed by atoms with E-state index in [-0.39, 0.29) is 12.2 Å². The Kier molecular flexibility index (Phi) is 4.60. The number of hydrogen-bond acceptors (Lipinski definition) is 6. The monoisotopic (exact) mass is 385 g/mol. The summed E-state index contributed by atoms with van der Waals surface area (Å²) in [6.07, 6.45) is 1.10. The highest BCUT2D eigenvalue weighted by molar-refractivity contribution is 5.92. The van der Waals surface area contributed by atoms with E-state index in [9.17, 15) is 19.8 Å². The molecule has 0 aliphatic carbocycles. The average Bonchev–Trinajstić information content (AvgIpc) is 3.06. The number of ether oxygens (including phenoxy) is 1. The standard InChI is InChI=1S/C20H23N3O5/c1-22(2)13-5-6-23(8-13)12-3-4-14-11(7-12)9-28-10-15-17(14)21-19(25)16(18(15)24)20(26)27/h3-4,7,13H,5-6,8-10H2,1-2H3,(H,26,27)(H2,21,24,25)/t13-/m0/s1. The third-order valence-electron chi connectivity index (χ3n) is 5.62. The molecule has 2 aromatic rings. The molecule has 2 aliphatic rings. The fraction of sp³-hybridized carbons (Fsp3) is 0.400. The Morgan fingerprint density at radius 3 is 2.79 bits per heavy atom. The van der Waals surface area contributed by atoms with Gasteiger partial charge in [-0.15, -0.1) is 0 Å². The Balaban J connectivity index is 1.76. The quantitative estimate of drug-likeness (QED) is 0.737. The van der Waals surface area contributed by atoms with Crippen molar-refractivity contribution < 1.29 is 19.7 Å². The first-order valence-electron chi connectivity index (χ1n) is 9.20. The number of nitrogens with one attached hydrogen (secondary N) is 1. The van der Waals surface area contributed by atoms with Gasteiger partial charge < -0.3 is 29.7 Å². The molecule has 0 radical (unpaired) electrons. The number of aromatic amines is 1. The molecule has 0 amide bonds. The first-order valence-corrected chi connectivity index (χ1v) is 9.20. The summed E-state index contributed by atoms with van der Waals surface area (Å²) in [5, 5.41) is 19.6. The molecule has 148 valence electrons. The SMILES string of the molecule is CN(C)[C@H]1CCN(c2ccc3c(c2)COCc2c-3[nH]c(=O)c(C(=O)O)c2O)C1. The molecule has 2 aliphatic heterocycles. The molecule has 0 saturated carbocycles. The highest BCUT2D eigenvalue weighted by Gasteiger charge is 2.28. The fourth-order valence-electron chi connectivity index (χ4n) is 4.00. The normalized spacial score (nSPS) is 18.7. The van der Waals surface area contributed by atoms with Crippen molar-refractivity contribution >= 4 is 11.7 Å². The summed E-state index contributed by atoms with van der Waals surface area (Å²) in [5.41, 5.74) is 1.94. The van der Waals surface area contributed by atoms with Crippen LogP contribution in [0.15, 0.2) is 23.0 Å². The number of carboxylic acids is 1. The minimum absolute atomic E-state index is 0.0225. The van der Waals surface area contributed by atoms with Crippen LogP contribution >= 0.6 is 0 Å². The van der Waals surface area contributed by atoms with Gasteiger partial charge in [0.05, 0.1) is 18.9 Å². The smallest absolute Gasteiger partial charge is 0.345 e. The van der Waals surface area contributed by atoms with E-state index in [4.69, 9.17) is 4.74 Å². The summed E-state index contributed by atoms with van der Waals surface area (Å²) in [5.74, 6) is -2.00. The lowest BCUT2D eigenvalue weighted by atomic mass is 9.99. The molecule has 1 saturated heterocycles. The second-order valence-corrected chi connectivity index (χ2v) is 7.52. The van der Waals surface area contributed by atoms with Crippen molar-refractivity contribution in [3.63, 3.8) is 0 Å². The first-order chi connectivity index (χ1) is 13.4. The molecule has 28 heavy (non-hydrogen) atoms. The van der Waals surface area contributed by atoms with E-state index >= 15 is 0 Å². The van der Waals surface area contributed by atoms with Crippen molar-refractivity contribution in [1.82, 2.24) is 9.88 Å². The number of carboxylic acid groups (broad SMARTS) is 1. The molecule has 8 nitrogen and oxygen atoms in total. The number of pyridine rings is 1. The van der Waals surface area contributed by atoms with Gasteiger partial charge in [-0.3, -0.25) is 4.79 Å². The van der Waals surface area contributed by atoms with Crippen LogP contribution in [0.3, 0.4) is 0 Å². The number of likely N-dealkylation sites (N-methyl/N-ethyl adjacent to an activating group) is 1. The van der Waals surface area contributed by atoms with E-state index in [1.54, 1.807) is 0 Å². The van der Waals surface area contributed by atoms with E-state index in [2.05, 4.69) is 28.9 Å². The lowest BCUT2D eigenvalue weighted by Crippen LogP contribution is -2.31. The summed E-state index contributed by atoms with van der Waals surface area (Å²) in [7, 11) is 4.17. The lowest BCUT2D eigenvalue weighted by Gasteiger charge is -2.23. The molecule has 8 heteroatoms.